The van der Waals surface area contributed by atoms with Gasteiger partial charge in [-0.1, -0.05) is 31.2 Å². The second kappa shape index (κ2) is 8.93. The van der Waals surface area contributed by atoms with Gasteiger partial charge in [0.25, 0.3) is 5.91 Å². The lowest BCUT2D eigenvalue weighted by Crippen LogP contribution is -2.30. The fourth-order valence-corrected chi connectivity index (χ4v) is 4.81. The molecule has 3 rings (SSSR count). The van der Waals surface area contributed by atoms with Gasteiger partial charge in [-0.3, -0.25) is 4.79 Å². The van der Waals surface area contributed by atoms with Gasteiger partial charge in [0.15, 0.2) is 0 Å². The lowest BCUT2D eigenvalue weighted by atomic mass is 10.1. The van der Waals surface area contributed by atoms with E-state index in [-0.39, 0.29) is 16.8 Å². The minimum absolute atomic E-state index is 0.227. The maximum absolute atomic E-state index is 12.7. The van der Waals surface area contributed by atoms with Crippen LogP contribution in [0.2, 0.25) is 0 Å². The fraction of sp³-hybridized carbons (Fsp3) is 0.381. The number of rotatable bonds is 8. The number of benzene rings is 2. The Kier molecular flexibility index (Phi) is 6.52. The molecule has 0 aliphatic rings. The maximum atomic E-state index is 12.7. The van der Waals surface area contributed by atoms with Crippen LogP contribution in [0.25, 0.3) is 11.0 Å². The van der Waals surface area contributed by atoms with Crippen LogP contribution in [0.4, 0.5) is 0 Å². The predicted octanol–water partition coefficient (Wildman–Crippen LogP) is 2.97. The minimum Gasteiger partial charge on any atom is -0.346 e. The normalized spacial score (nSPS) is 13.0. The van der Waals surface area contributed by atoms with Crippen LogP contribution in [0, 0.1) is 0 Å². The van der Waals surface area contributed by atoms with E-state index in [4.69, 9.17) is 0 Å². The van der Waals surface area contributed by atoms with Crippen molar-refractivity contribution >= 4 is 27.0 Å². The van der Waals surface area contributed by atoms with E-state index >= 15 is 0 Å². The van der Waals surface area contributed by atoms with Gasteiger partial charge in [-0.2, -0.15) is 4.31 Å². The maximum Gasteiger partial charge on any atom is 0.251 e. The number of hydrogen-bond donors (Lipinski definition) is 1. The first-order chi connectivity index (χ1) is 14.3. The lowest BCUT2D eigenvalue weighted by molar-refractivity contribution is 0.0940. The van der Waals surface area contributed by atoms with E-state index < -0.39 is 10.0 Å². The molecular formula is C21H27N5O3S. The van der Waals surface area contributed by atoms with Crippen LogP contribution in [0.5, 0.6) is 0 Å². The second-order valence-corrected chi connectivity index (χ2v) is 8.90. The molecule has 0 unspecified atom stereocenters. The Hall–Kier alpha value is -2.78. The third-order valence-electron chi connectivity index (χ3n) is 5.15. The molecule has 160 valence electrons. The zero-order valence-corrected chi connectivity index (χ0v) is 18.5. The van der Waals surface area contributed by atoms with E-state index in [0.717, 1.165) is 11.1 Å². The Bertz CT molecular complexity index is 1140. The Balaban J connectivity index is 1.74. The topological polar surface area (TPSA) is 97.2 Å². The molecule has 0 bridgehead atoms. The summed E-state index contributed by atoms with van der Waals surface area (Å²) < 4.78 is 28.4. The summed E-state index contributed by atoms with van der Waals surface area (Å²) in [5.74, 6) is -0.227. The summed E-state index contributed by atoms with van der Waals surface area (Å²) in [7, 11) is -3.50. The number of aryl methyl sites for hydroxylation is 1. The summed E-state index contributed by atoms with van der Waals surface area (Å²) in [6.07, 6.45) is 0. The van der Waals surface area contributed by atoms with Gasteiger partial charge in [-0.15, -0.1) is 5.10 Å². The molecule has 1 heterocycles. The molecule has 1 amide bonds. The number of carbonyl (C=O) groups is 1. The summed E-state index contributed by atoms with van der Waals surface area (Å²) in [5.41, 5.74) is 2.87. The van der Waals surface area contributed by atoms with Crippen molar-refractivity contribution in [1.29, 1.82) is 0 Å². The van der Waals surface area contributed by atoms with Crippen molar-refractivity contribution in [3.63, 3.8) is 0 Å². The summed E-state index contributed by atoms with van der Waals surface area (Å²) in [6.45, 7) is 9.01. The molecule has 0 fully saturated rings. The van der Waals surface area contributed by atoms with E-state index in [1.807, 2.05) is 33.8 Å². The zero-order valence-electron chi connectivity index (χ0n) is 17.7. The lowest BCUT2D eigenvalue weighted by Gasteiger charge is -2.19. The minimum atomic E-state index is -3.50. The smallest absolute Gasteiger partial charge is 0.251 e. The third kappa shape index (κ3) is 4.22. The largest absolute Gasteiger partial charge is 0.346 e. The number of fused-ring (bicyclic) bond motifs is 1. The van der Waals surface area contributed by atoms with Crippen LogP contribution in [0.1, 0.15) is 49.7 Å². The van der Waals surface area contributed by atoms with Crippen LogP contribution in [0.3, 0.4) is 0 Å². The first-order valence-corrected chi connectivity index (χ1v) is 11.5. The number of sulfonamides is 1. The molecule has 0 aliphatic carbocycles. The van der Waals surface area contributed by atoms with Gasteiger partial charge in [-0.05, 0) is 49.7 Å². The van der Waals surface area contributed by atoms with Crippen molar-refractivity contribution in [3.05, 3.63) is 53.6 Å². The van der Waals surface area contributed by atoms with Gasteiger partial charge >= 0.3 is 0 Å². The Morgan fingerprint density at radius 2 is 1.77 bits per heavy atom. The summed E-state index contributed by atoms with van der Waals surface area (Å²) >= 11 is 0. The number of nitrogens with zero attached hydrogens (tertiary/aromatic N) is 4. The van der Waals surface area contributed by atoms with Crippen LogP contribution >= 0.6 is 0 Å². The number of nitrogens with one attached hydrogen (secondary N) is 1. The van der Waals surface area contributed by atoms with E-state index in [0.29, 0.717) is 30.7 Å². The first kappa shape index (κ1) is 21.9. The van der Waals surface area contributed by atoms with Crippen molar-refractivity contribution in [3.8, 4) is 0 Å². The molecule has 2 aromatic carbocycles. The molecule has 1 N–H and O–H groups in total. The molecule has 3 aromatic rings. The molecule has 0 saturated heterocycles. The van der Waals surface area contributed by atoms with Crippen molar-refractivity contribution < 1.29 is 13.2 Å². The molecule has 30 heavy (non-hydrogen) atoms. The van der Waals surface area contributed by atoms with E-state index in [2.05, 4.69) is 15.6 Å². The SMILES string of the molecule is CCN(CC)S(=O)(=O)c1ccc([C@@H](C)NC(=O)c2ccc3c(c2)nnn3CC)cc1. The Labute approximate surface area is 176 Å². The van der Waals surface area contributed by atoms with E-state index in [1.54, 1.807) is 41.1 Å². The molecule has 1 aromatic heterocycles. The van der Waals surface area contributed by atoms with Gasteiger partial charge in [-0.25, -0.2) is 13.1 Å². The predicted molar refractivity (Wildman–Crippen MR) is 116 cm³/mol. The highest BCUT2D eigenvalue weighted by Gasteiger charge is 2.22. The number of hydrogen-bond acceptors (Lipinski definition) is 5. The van der Waals surface area contributed by atoms with Gasteiger partial charge < -0.3 is 5.32 Å². The molecule has 0 radical (unpaired) electrons. The van der Waals surface area contributed by atoms with Crippen LogP contribution in [0.15, 0.2) is 47.4 Å². The van der Waals surface area contributed by atoms with Gasteiger partial charge in [0, 0.05) is 25.2 Å². The van der Waals surface area contributed by atoms with Crippen molar-refractivity contribution in [2.75, 3.05) is 13.1 Å². The first-order valence-electron chi connectivity index (χ1n) is 10.1. The average Bonchev–Trinajstić information content (AvgIpc) is 3.16. The van der Waals surface area contributed by atoms with Gasteiger partial charge in [0.1, 0.15) is 5.52 Å². The monoisotopic (exact) mass is 429 g/mol. The Morgan fingerprint density at radius 1 is 1.10 bits per heavy atom. The number of carbonyl (C=O) groups excluding carboxylic acids is 1. The second-order valence-electron chi connectivity index (χ2n) is 6.96. The third-order valence-corrected chi connectivity index (χ3v) is 7.21. The van der Waals surface area contributed by atoms with E-state index in [9.17, 15) is 13.2 Å². The highest BCUT2D eigenvalue weighted by Crippen LogP contribution is 2.20. The molecule has 8 nitrogen and oxygen atoms in total. The summed E-state index contributed by atoms with van der Waals surface area (Å²) in [4.78, 5) is 12.9. The fourth-order valence-electron chi connectivity index (χ4n) is 3.35. The number of amides is 1. The Morgan fingerprint density at radius 3 is 2.37 bits per heavy atom. The number of aromatic nitrogens is 3. The average molecular weight is 430 g/mol. The molecular weight excluding hydrogens is 402 g/mol. The van der Waals surface area contributed by atoms with Crippen molar-refractivity contribution in [2.45, 2.75) is 45.2 Å². The van der Waals surface area contributed by atoms with Crippen molar-refractivity contribution in [2.24, 2.45) is 0 Å². The molecule has 0 spiro atoms. The van der Waals surface area contributed by atoms with Crippen LogP contribution in [-0.2, 0) is 16.6 Å². The van der Waals surface area contributed by atoms with Gasteiger partial charge in [0.2, 0.25) is 10.0 Å². The quantitative estimate of drug-likeness (QED) is 0.594. The van der Waals surface area contributed by atoms with Gasteiger partial charge in [0.05, 0.1) is 16.5 Å². The highest BCUT2D eigenvalue weighted by atomic mass is 32.2. The molecule has 9 heteroatoms. The standard InChI is InChI=1S/C21H27N5O3S/c1-5-25(6-2)30(28,29)18-11-8-16(9-12-18)15(4)22-21(27)17-10-13-20-19(14-17)23-24-26(20)7-3/h8-15H,5-7H2,1-4H3,(H,22,27)/t15-/m1/s1. The van der Waals surface area contributed by atoms with Crippen LogP contribution in [-0.4, -0.2) is 46.7 Å². The highest BCUT2D eigenvalue weighted by molar-refractivity contribution is 7.89. The van der Waals surface area contributed by atoms with E-state index in [1.165, 1.54) is 4.31 Å². The molecule has 1 atom stereocenters. The molecule has 0 aliphatic heterocycles. The summed E-state index contributed by atoms with van der Waals surface area (Å²) in [5, 5.41) is 11.1. The molecule has 0 saturated carbocycles. The van der Waals surface area contributed by atoms with Crippen molar-refractivity contribution in [1.82, 2.24) is 24.6 Å². The van der Waals surface area contributed by atoms with Crippen LogP contribution < -0.4 is 5.32 Å². The summed E-state index contributed by atoms with van der Waals surface area (Å²) in [6, 6.07) is 11.7. The zero-order chi connectivity index (χ0) is 21.9.